The van der Waals surface area contributed by atoms with E-state index in [9.17, 15) is 0 Å². The smallest absolute Gasteiger partial charge is 0.133 e. The molecule has 17 heavy (non-hydrogen) atoms. The van der Waals surface area contributed by atoms with Crippen molar-refractivity contribution in [1.82, 2.24) is 10.3 Å². The molecule has 1 aromatic rings. The maximum absolute atomic E-state index is 4.55. The van der Waals surface area contributed by atoms with E-state index < -0.39 is 0 Å². The van der Waals surface area contributed by atoms with E-state index in [0.717, 1.165) is 38.4 Å². The van der Waals surface area contributed by atoms with Crippen LogP contribution in [0.2, 0.25) is 0 Å². The highest BCUT2D eigenvalue weighted by Gasteiger charge is 2.14. The Labute approximate surface area is 104 Å². The summed E-state index contributed by atoms with van der Waals surface area (Å²) < 4.78 is 0. The molecule has 0 aliphatic carbocycles. The average Bonchev–Trinajstić information content (AvgIpc) is 2.37. The zero-order chi connectivity index (χ0) is 12.1. The predicted octanol–water partition coefficient (Wildman–Crippen LogP) is 2.35. The molecule has 2 rings (SSSR count). The van der Waals surface area contributed by atoms with Crippen molar-refractivity contribution in [2.75, 3.05) is 24.5 Å². The molecular weight excluding hydrogens is 210 g/mol. The van der Waals surface area contributed by atoms with Crippen molar-refractivity contribution >= 4 is 5.82 Å². The molecule has 3 nitrogen and oxygen atoms in total. The zero-order valence-electron chi connectivity index (χ0n) is 10.7. The summed E-state index contributed by atoms with van der Waals surface area (Å²) in [7, 11) is 0. The average molecular weight is 231 g/mol. The van der Waals surface area contributed by atoms with E-state index in [1.54, 1.807) is 0 Å². The van der Waals surface area contributed by atoms with Crippen LogP contribution >= 0.6 is 0 Å². The van der Waals surface area contributed by atoms with Crippen molar-refractivity contribution in [2.24, 2.45) is 0 Å². The molecule has 0 saturated heterocycles. The van der Waals surface area contributed by atoms with E-state index in [0.29, 0.717) is 0 Å². The Hall–Kier alpha value is -1.35. The lowest BCUT2D eigenvalue weighted by atomic mass is 10.1. The molecule has 0 radical (unpaired) electrons. The van der Waals surface area contributed by atoms with Crippen LogP contribution in [0.1, 0.15) is 25.8 Å². The van der Waals surface area contributed by atoms with E-state index >= 15 is 0 Å². The van der Waals surface area contributed by atoms with E-state index in [1.165, 1.54) is 11.1 Å². The molecule has 0 atom stereocenters. The molecule has 1 aliphatic rings. The SMILES string of the molecule is CCNCc1cccnc1N1CCC=C(C)C1. The van der Waals surface area contributed by atoms with Crippen LogP contribution in [0.5, 0.6) is 0 Å². The van der Waals surface area contributed by atoms with Gasteiger partial charge in [-0.1, -0.05) is 24.6 Å². The van der Waals surface area contributed by atoms with Crippen molar-refractivity contribution in [3.8, 4) is 0 Å². The quantitative estimate of drug-likeness (QED) is 0.806. The van der Waals surface area contributed by atoms with Crippen molar-refractivity contribution < 1.29 is 0 Å². The molecule has 1 aromatic heterocycles. The summed E-state index contributed by atoms with van der Waals surface area (Å²) in [5, 5.41) is 3.37. The fraction of sp³-hybridized carbons (Fsp3) is 0.500. The van der Waals surface area contributed by atoms with Crippen LogP contribution in [0.4, 0.5) is 5.82 Å². The summed E-state index contributed by atoms with van der Waals surface area (Å²) in [5.74, 6) is 1.14. The van der Waals surface area contributed by atoms with Crippen molar-refractivity contribution in [3.63, 3.8) is 0 Å². The molecule has 0 aromatic carbocycles. The van der Waals surface area contributed by atoms with Gasteiger partial charge in [-0.05, 0) is 26.0 Å². The first-order valence-electron chi connectivity index (χ1n) is 6.36. The number of pyridine rings is 1. The van der Waals surface area contributed by atoms with Gasteiger partial charge in [0.05, 0.1) is 0 Å². The van der Waals surface area contributed by atoms with Crippen LogP contribution in [-0.4, -0.2) is 24.6 Å². The zero-order valence-corrected chi connectivity index (χ0v) is 10.7. The minimum Gasteiger partial charge on any atom is -0.352 e. The van der Waals surface area contributed by atoms with Crippen molar-refractivity contribution in [1.29, 1.82) is 0 Å². The Balaban J connectivity index is 2.16. The molecule has 0 saturated carbocycles. The summed E-state index contributed by atoms with van der Waals surface area (Å²) in [4.78, 5) is 6.93. The number of nitrogens with zero attached hydrogens (tertiary/aromatic N) is 2. The molecule has 92 valence electrons. The fourth-order valence-corrected chi connectivity index (χ4v) is 2.20. The molecule has 1 aliphatic heterocycles. The lowest BCUT2D eigenvalue weighted by Crippen LogP contribution is -2.31. The van der Waals surface area contributed by atoms with Gasteiger partial charge in [0.1, 0.15) is 5.82 Å². The second kappa shape index (κ2) is 5.82. The third kappa shape index (κ3) is 3.07. The Morgan fingerprint density at radius 1 is 1.47 bits per heavy atom. The van der Waals surface area contributed by atoms with Crippen LogP contribution in [-0.2, 0) is 6.54 Å². The van der Waals surface area contributed by atoms with Crippen LogP contribution in [0.25, 0.3) is 0 Å². The largest absolute Gasteiger partial charge is 0.352 e. The maximum atomic E-state index is 4.55. The summed E-state index contributed by atoms with van der Waals surface area (Å²) >= 11 is 0. The minimum atomic E-state index is 0.902. The van der Waals surface area contributed by atoms with Gasteiger partial charge in [0.25, 0.3) is 0 Å². The molecule has 2 heterocycles. The minimum absolute atomic E-state index is 0.902. The lowest BCUT2D eigenvalue weighted by Gasteiger charge is -2.29. The number of nitrogens with one attached hydrogen (secondary N) is 1. The van der Waals surface area contributed by atoms with Gasteiger partial charge in [-0.15, -0.1) is 0 Å². The third-order valence-electron chi connectivity index (χ3n) is 3.06. The highest BCUT2D eigenvalue weighted by atomic mass is 15.2. The first-order valence-corrected chi connectivity index (χ1v) is 6.36. The topological polar surface area (TPSA) is 28.2 Å². The van der Waals surface area contributed by atoms with Gasteiger partial charge in [0.2, 0.25) is 0 Å². The van der Waals surface area contributed by atoms with Gasteiger partial charge in [-0.2, -0.15) is 0 Å². The van der Waals surface area contributed by atoms with Crippen molar-refractivity contribution in [2.45, 2.75) is 26.8 Å². The Morgan fingerprint density at radius 3 is 3.12 bits per heavy atom. The second-order valence-corrected chi connectivity index (χ2v) is 4.53. The molecular formula is C14H21N3. The third-order valence-corrected chi connectivity index (χ3v) is 3.06. The molecule has 0 fully saturated rings. The van der Waals surface area contributed by atoms with Gasteiger partial charge in [-0.25, -0.2) is 4.98 Å². The standard InChI is InChI=1S/C14H21N3/c1-3-15-10-13-7-4-8-16-14(13)17-9-5-6-12(2)11-17/h4,6-8,15H,3,5,9-11H2,1-2H3. The summed E-state index contributed by atoms with van der Waals surface area (Å²) in [5.41, 5.74) is 2.74. The number of aromatic nitrogens is 1. The van der Waals surface area contributed by atoms with Gasteiger partial charge in [-0.3, -0.25) is 0 Å². The van der Waals surface area contributed by atoms with Crippen LogP contribution in [0.15, 0.2) is 30.0 Å². The predicted molar refractivity (Wildman–Crippen MR) is 72.2 cm³/mol. The van der Waals surface area contributed by atoms with E-state index in [-0.39, 0.29) is 0 Å². The van der Waals surface area contributed by atoms with E-state index in [2.05, 4.69) is 41.2 Å². The normalized spacial score (nSPS) is 15.9. The Kier molecular flexibility index (Phi) is 4.15. The van der Waals surface area contributed by atoms with Gasteiger partial charge in [0.15, 0.2) is 0 Å². The monoisotopic (exact) mass is 231 g/mol. The number of hydrogen-bond acceptors (Lipinski definition) is 3. The molecule has 3 heteroatoms. The Bertz CT molecular complexity index is 398. The van der Waals surface area contributed by atoms with Gasteiger partial charge in [0, 0.05) is 31.4 Å². The number of rotatable bonds is 4. The fourth-order valence-electron chi connectivity index (χ4n) is 2.20. The molecule has 0 amide bonds. The number of hydrogen-bond donors (Lipinski definition) is 1. The summed E-state index contributed by atoms with van der Waals surface area (Å²) in [6, 6.07) is 4.18. The van der Waals surface area contributed by atoms with E-state index in [4.69, 9.17) is 0 Å². The summed E-state index contributed by atoms with van der Waals surface area (Å²) in [6.45, 7) is 8.30. The summed E-state index contributed by atoms with van der Waals surface area (Å²) in [6.07, 6.45) is 5.34. The molecule has 0 bridgehead atoms. The van der Waals surface area contributed by atoms with Gasteiger partial charge < -0.3 is 10.2 Å². The highest BCUT2D eigenvalue weighted by molar-refractivity contribution is 5.48. The van der Waals surface area contributed by atoms with Gasteiger partial charge >= 0.3 is 0 Å². The second-order valence-electron chi connectivity index (χ2n) is 4.53. The van der Waals surface area contributed by atoms with Crippen LogP contribution in [0, 0.1) is 0 Å². The van der Waals surface area contributed by atoms with Crippen LogP contribution in [0.3, 0.4) is 0 Å². The Morgan fingerprint density at radius 2 is 2.35 bits per heavy atom. The highest BCUT2D eigenvalue weighted by Crippen LogP contribution is 2.21. The number of anilines is 1. The first kappa shape index (κ1) is 12.1. The lowest BCUT2D eigenvalue weighted by molar-refractivity contribution is 0.710. The maximum Gasteiger partial charge on any atom is 0.133 e. The molecule has 1 N–H and O–H groups in total. The van der Waals surface area contributed by atoms with Crippen molar-refractivity contribution in [3.05, 3.63) is 35.5 Å². The first-order chi connectivity index (χ1) is 8.31. The van der Waals surface area contributed by atoms with Crippen LogP contribution < -0.4 is 10.2 Å². The van der Waals surface area contributed by atoms with E-state index in [1.807, 2.05) is 12.3 Å². The molecule has 0 unspecified atom stereocenters. The molecule has 0 spiro atoms.